The van der Waals surface area contributed by atoms with Crippen LogP contribution in [0.25, 0.3) is 22.5 Å². The van der Waals surface area contributed by atoms with E-state index in [9.17, 15) is 14.7 Å². The molecule has 0 radical (unpaired) electrons. The Bertz CT molecular complexity index is 2430. The Morgan fingerprint density at radius 3 is 1.82 bits per heavy atom. The number of methoxy groups -OCH3 is 1. The highest BCUT2D eigenvalue weighted by Gasteiger charge is 2.42. The fraction of sp³-hybridized carbons (Fsp3) is 0.250. The van der Waals surface area contributed by atoms with Crippen molar-refractivity contribution in [3.8, 4) is 22.5 Å². The number of aliphatic hydroxyl groups excluding tert-OH is 1. The second kappa shape index (κ2) is 18.0. The zero-order valence-electron chi connectivity index (χ0n) is 34.4. The summed E-state index contributed by atoms with van der Waals surface area (Å²) in [6.45, 7) is 6.62. The van der Waals surface area contributed by atoms with E-state index in [2.05, 4.69) is 46.6 Å². The quantitative estimate of drug-likeness (QED) is 0.0610. The highest BCUT2D eigenvalue weighted by atomic mass is 16.7. The van der Waals surface area contributed by atoms with Gasteiger partial charge in [-0.15, -0.1) is 5.10 Å². The predicted molar refractivity (Wildman–Crippen MR) is 226 cm³/mol. The normalized spacial score (nSPS) is 12.2. The number of carbonyl (C=O) groups is 2. The van der Waals surface area contributed by atoms with Crippen LogP contribution in [-0.4, -0.2) is 60.7 Å². The van der Waals surface area contributed by atoms with Crippen molar-refractivity contribution in [3.05, 3.63) is 179 Å². The Balaban J connectivity index is 1.27. The fourth-order valence-corrected chi connectivity index (χ4v) is 7.38. The van der Waals surface area contributed by atoms with Crippen LogP contribution in [0.3, 0.4) is 0 Å². The SMILES string of the molecule is CCC(O)c1nc(COC)n(Cc2ccc(-c3ccccc3-c3nnnn3C(c3ccccc3)(c3ccccc3)c3ccccc3)cc2)c1C(=O)OCOC(=O)C(C)(C)C. The number of imidazole rings is 1. The molecule has 0 amide bonds. The first-order chi connectivity index (χ1) is 29.1. The van der Waals surface area contributed by atoms with Gasteiger partial charge in [-0.25, -0.2) is 14.5 Å². The van der Waals surface area contributed by atoms with Gasteiger partial charge in [0, 0.05) is 19.2 Å². The minimum Gasteiger partial charge on any atom is -0.427 e. The van der Waals surface area contributed by atoms with Crippen LogP contribution >= 0.6 is 0 Å². The van der Waals surface area contributed by atoms with Crippen molar-refractivity contribution in [1.29, 1.82) is 0 Å². The first kappa shape index (κ1) is 41.4. The minimum absolute atomic E-state index is 0.0585. The molecule has 1 atom stereocenters. The summed E-state index contributed by atoms with van der Waals surface area (Å²) in [4.78, 5) is 30.6. The molecule has 0 bridgehead atoms. The lowest BCUT2D eigenvalue weighted by Gasteiger charge is -2.36. The highest BCUT2D eigenvalue weighted by Crippen LogP contribution is 2.43. The molecule has 7 rings (SSSR count). The van der Waals surface area contributed by atoms with Gasteiger partial charge < -0.3 is 23.9 Å². The number of esters is 2. The smallest absolute Gasteiger partial charge is 0.359 e. The summed E-state index contributed by atoms with van der Waals surface area (Å²) in [5.74, 6) is -0.292. The number of carbonyl (C=O) groups excluding carboxylic acids is 2. The van der Waals surface area contributed by atoms with Crippen molar-refractivity contribution in [2.24, 2.45) is 5.41 Å². The third-order valence-corrected chi connectivity index (χ3v) is 10.4. The molecule has 5 aromatic carbocycles. The van der Waals surface area contributed by atoms with E-state index in [1.165, 1.54) is 7.11 Å². The first-order valence-electron chi connectivity index (χ1n) is 19.8. The average Bonchev–Trinajstić information content (AvgIpc) is 3.90. The van der Waals surface area contributed by atoms with Crippen molar-refractivity contribution in [2.75, 3.05) is 13.9 Å². The largest absolute Gasteiger partial charge is 0.427 e. The van der Waals surface area contributed by atoms with E-state index in [0.29, 0.717) is 18.1 Å². The molecule has 2 aromatic heterocycles. The minimum atomic E-state index is -1.04. The Kier molecular flexibility index (Phi) is 12.4. The number of aromatic nitrogens is 6. The van der Waals surface area contributed by atoms with Crippen molar-refractivity contribution < 1.29 is 28.9 Å². The van der Waals surface area contributed by atoms with E-state index in [-0.39, 0.29) is 24.5 Å². The van der Waals surface area contributed by atoms with Gasteiger partial charge in [-0.3, -0.25) is 4.79 Å². The van der Waals surface area contributed by atoms with E-state index in [1.54, 1.807) is 32.3 Å². The molecule has 0 fully saturated rings. The van der Waals surface area contributed by atoms with Gasteiger partial charge >= 0.3 is 11.9 Å². The molecular weight excluding hydrogens is 757 g/mol. The molecule has 2 heterocycles. The molecule has 1 N–H and O–H groups in total. The van der Waals surface area contributed by atoms with Crippen LogP contribution in [0.2, 0.25) is 0 Å². The van der Waals surface area contributed by atoms with Crippen molar-refractivity contribution in [2.45, 2.75) is 58.9 Å². The van der Waals surface area contributed by atoms with Crippen LogP contribution in [0.4, 0.5) is 0 Å². The number of ether oxygens (including phenoxy) is 3. The van der Waals surface area contributed by atoms with Crippen LogP contribution in [-0.2, 0) is 37.7 Å². The molecule has 306 valence electrons. The van der Waals surface area contributed by atoms with Crippen molar-refractivity contribution >= 4 is 11.9 Å². The number of rotatable bonds is 15. The van der Waals surface area contributed by atoms with Crippen LogP contribution in [0, 0.1) is 5.41 Å². The topological polar surface area (TPSA) is 143 Å². The first-order valence-corrected chi connectivity index (χ1v) is 19.8. The third-order valence-electron chi connectivity index (χ3n) is 10.4. The highest BCUT2D eigenvalue weighted by molar-refractivity contribution is 5.89. The van der Waals surface area contributed by atoms with Gasteiger partial charge in [0.1, 0.15) is 23.7 Å². The summed E-state index contributed by atoms with van der Waals surface area (Å²) < 4.78 is 19.7. The van der Waals surface area contributed by atoms with E-state index in [4.69, 9.17) is 24.5 Å². The zero-order valence-corrected chi connectivity index (χ0v) is 34.4. The summed E-state index contributed by atoms with van der Waals surface area (Å²) in [6, 6.07) is 46.8. The molecule has 0 aliphatic rings. The van der Waals surface area contributed by atoms with E-state index in [1.807, 2.05) is 108 Å². The van der Waals surface area contributed by atoms with Gasteiger partial charge in [-0.1, -0.05) is 146 Å². The van der Waals surface area contributed by atoms with E-state index in [0.717, 1.165) is 38.9 Å². The Hall–Kier alpha value is -6.76. The van der Waals surface area contributed by atoms with Gasteiger partial charge in [0.2, 0.25) is 6.79 Å². The zero-order chi connectivity index (χ0) is 42.3. The third kappa shape index (κ3) is 8.25. The molecule has 0 saturated carbocycles. The number of hydrogen-bond acceptors (Lipinski definition) is 10. The number of tetrazole rings is 1. The Labute approximate surface area is 349 Å². The maximum atomic E-state index is 13.7. The molecule has 1 unspecified atom stereocenters. The monoisotopic (exact) mass is 804 g/mol. The van der Waals surface area contributed by atoms with Crippen molar-refractivity contribution in [1.82, 2.24) is 29.8 Å². The lowest BCUT2D eigenvalue weighted by Crippen LogP contribution is -2.39. The molecule has 0 spiro atoms. The number of nitrogens with zero attached hydrogens (tertiary/aromatic N) is 6. The lowest BCUT2D eigenvalue weighted by atomic mass is 9.77. The maximum absolute atomic E-state index is 13.7. The fourth-order valence-electron chi connectivity index (χ4n) is 7.38. The molecule has 0 aliphatic carbocycles. The molecular formula is C48H48N6O6. The van der Waals surface area contributed by atoms with Crippen LogP contribution in [0.15, 0.2) is 140 Å². The summed E-state index contributed by atoms with van der Waals surface area (Å²) in [6.07, 6.45) is -0.732. The number of benzene rings is 5. The summed E-state index contributed by atoms with van der Waals surface area (Å²) in [5, 5.41) is 24.7. The average molecular weight is 805 g/mol. The lowest BCUT2D eigenvalue weighted by molar-refractivity contribution is -0.161. The van der Waals surface area contributed by atoms with Gasteiger partial charge in [0.15, 0.2) is 11.5 Å². The van der Waals surface area contributed by atoms with Gasteiger partial charge in [0.25, 0.3) is 0 Å². The van der Waals surface area contributed by atoms with E-state index < -0.39 is 35.8 Å². The molecule has 12 heteroatoms. The predicted octanol–water partition coefficient (Wildman–Crippen LogP) is 8.39. The standard InChI is InChI=1S/C48H48N6O6/c1-6-40(55)42-43(45(56)59-32-60-46(57)47(2,3)4)53(41(49-42)31-58-5)30-33-26-28-34(29-27-33)38-24-16-17-25-39(38)44-50-51-52-54(44)48(35-18-10-7-11-19-35,36-20-12-8-13-21-36)37-22-14-9-15-23-37/h7-29,40,55H,6,30-32H2,1-5H3. The van der Waals surface area contributed by atoms with Gasteiger partial charge in [-0.05, 0) is 71.0 Å². The summed E-state index contributed by atoms with van der Waals surface area (Å²) >= 11 is 0. The van der Waals surface area contributed by atoms with Crippen LogP contribution in [0.5, 0.6) is 0 Å². The van der Waals surface area contributed by atoms with Crippen LogP contribution < -0.4 is 0 Å². The maximum Gasteiger partial charge on any atom is 0.359 e. The second-order valence-corrected chi connectivity index (χ2v) is 15.4. The second-order valence-electron chi connectivity index (χ2n) is 15.4. The molecule has 0 saturated heterocycles. The summed E-state index contributed by atoms with van der Waals surface area (Å²) in [7, 11) is 1.53. The molecule has 7 aromatic rings. The molecule has 12 nitrogen and oxygen atoms in total. The molecule has 0 aliphatic heterocycles. The van der Waals surface area contributed by atoms with Gasteiger partial charge in [0.05, 0.1) is 11.5 Å². The van der Waals surface area contributed by atoms with E-state index >= 15 is 0 Å². The summed E-state index contributed by atoms with van der Waals surface area (Å²) in [5.41, 5.74) is 5.00. The number of hydrogen-bond donors (Lipinski definition) is 1. The van der Waals surface area contributed by atoms with Crippen molar-refractivity contribution in [3.63, 3.8) is 0 Å². The number of aliphatic hydroxyl groups is 1. The Morgan fingerprint density at radius 1 is 0.733 bits per heavy atom. The van der Waals surface area contributed by atoms with Gasteiger partial charge in [-0.2, -0.15) is 0 Å². The van der Waals surface area contributed by atoms with Crippen LogP contribution in [0.1, 0.15) is 84.5 Å². The molecule has 60 heavy (non-hydrogen) atoms. The Morgan fingerprint density at radius 2 is 1.28 bits per heavy atom.